The van der Waals surface area contributed by atoms with E-state index in [0.717, 1.165) is 19.3 Å². The van der Waals surface area contributed by atoms with Crippen LogP contribution >= 0.6 is 0 Å². The zero-order valence-corrected chi connectivity index (χ0v) is 9.56. The highest BCUT2D eigenvalue weighted by Gasteiger charge is 2.25. The first kappa shape index (κ1) is 11.5. The molecule has 2 atom stereocenters. The second-order valence-corrected chi connectivity index (χ2v) is 4.35. The third-order valence-corrected chi connectivity index (χ3v) is 3.09. The number of aliphatic hydroxyl groups excluding tert-OH is 1. The van der Waals surface area contributed by atoms with E-state index < -0.39 is 0 Å². The molecule has 5 heteroatoms. The van der Waals surface area contributed by atoms with Crippen LogP contribution in [-0.4, -0.2) is 28.5 Å². The number of aliphatic hydroxyl groups is 1. The second-order valence-electron chi connectivity index (χ2n) is 4.35. The largest absolute Gasteiger partial charge is 0.393 e. The van der Waals surface area contributed by atoms with Crippen molar-refractivity contribution in [1.29, 1.82) is 0 Å². The van der Waals surface area contributed by atoms with Crippen LogP contribution in [0.15, 0.2) is 4.52 Å². The Hall–Kier alpha value is -0.940. The molecule has 2 unspecified atom stereocenters. The van der Waals surface area contributed by atoms with Crippen molar-refractivity contribution >= 4 is 0 Å². The summed E-state index contributed by atoms with van der Waals surface area (Å²) in [4.78, 5) is 4.21. The Balaban J connectivity index is 1.91. The van der Waals surface area contributed by atoms with E-state index >= 15 is 0 Å². The van der Waals surface area contributed by atoms with Gasteiger partial charge in [-0.25, -0.2) is 0 Å². The molecule has 1 aliphatic carbocycles. The lowest BCUT2D eigenvalue weighted by molar-refractivity contribution is 0.0656. The molecule has 2 rings (SSSR count). The molecular weight excluding hydrogens is 208 g/mol. The van der Waals surface area contributed by atoms with Crippen LogP contribution in [0.3, 0.4) is 0 Å². The molecular formula is C11H18N2O3. The predicted molar refractivity (Wildman–Crippen MR) is 56.7 cm³/mol. The molecule has 0 saturated heterocycles. The molecule has 0 amide bonds. The Labute approximate surface area is 94.8 Å². The van der Waals surface area contributed by atoms with Crippen molar-refractivity contribution in [3.63, 3.8) is 0 Å². The fraction of sp³-hybridized carbons (Fsp3) is 0.818. The molecule has 1 heterocycles. The minimum atomic E-state index is -0.216. The van der Waals surface area contributed by atoms with Crippen molar-refractivity contribution in [3.05, 3.63) is 11.7 Å². The van der Waals surface area contributed by atoms with Crippen molar-refractivity contribution in [2.75, 3.05) is 7.11 Å². The number of ether oxygens (including phenoxy) is 1. The summed E-state index contributed by atoms with van der Waals surface area (Å²) in [6, 6.07) is 0. The minimum absolute atomic E-state index is 0.216. The van der Waals surface area contributed by atoms with Gasteiger partial charge in [0.25, 0.3) is 0 Å². The van der Waals surface area contributed by atoms with Crippen molar-refractivity contribution in [2.45, 2.75) is 44.8 Å². The topological polar surface area (TPSA) is 68.4 Å². The molecule has 1 N–H and O–H groups in total. The normalized spacial score (nSPS) is 25.9. The quantitative estimate of drug-likeness (QED) is 0.838. The van der Waals surface area contributed by atoms with E-state index in [1.807, 2.05) is 0 Å². The molecule has 1 aliphatic rings. The second kappa shape index (κ2) is 5.41. The summed E-state index contributed by atoms with van der Waals surface area (Å²) >= 11 is 0. The molecule has 1 fully saturated rings. The van der Waals surface area contributed by atoms with Crippen molar-refractivity contribution in [3.8, 4) is 0 Å². The van der Waals surface area contributed by atoms with Gasteiger partial charge in [-0.2, -0.15) is 4.98 Å². The summed E-state index contributed by atoms with van der Waals surface area (Å²) in [5, 5.41) is 13.6. The van der Waals surface area contributed by atoms with Crippen LogP contribution in [-0.2, 0) is 17.8 Å². The van der Waals surface area contributed by atoms with Crippen LogP contribution < -0.4 is 0 Å². The van der Waals surface area contributed by atoms with E-state index in [2.05, 4.69) is 10.1 Å². The van der Waals surface area contributed by atoms with Gasteiger partial charge in [0.1, 0.15) is 6.61 Å². The Morgan fingerprint density at radius 1 is 1.44 bits per heavy atom. The number of methoxy groups -OCH3 is 1. The van der Waals surface area contributed by atoms with Crippen molar-refractivity contribution in [2.24, 2.45) is 5.92 Å². The molecule has 0 spiro atoms. The lowest BCUT2D eigenvalue weighted by atomic mass is 9.84. The molecule has 1 aromatic rings. The lowest BCUT2D eigenvalue weighted by Crippen LogP contribution is -2.26. The van der Waals surface area contributed by atoms with Crippen LogP contribution in [0.1, 0.15) is 37.4 Å². The summed E-state index contributed by atoms with van der Waals surface area (Å²) in [6.07, 6.45) is 4.70. The lowest BCUT2D eigenvalue weighted by Gasteiger charge is -2.26. The van der Waals surface area contributed by atoms with Crippen molar-refractivity contribution in [1.82, 2.24) is 10.1 Å². The average Bonchev–Trinajstić information content (AvgIpc) is 2.70. The first-order valence-corrected chi connectivity index (χ1v) is 5.78. The highest BCUT2D eigenvalue weighted by Crippen LogP contribution is 2.26. The Morgan fingerprint density at radius 2 is 2.25 bits per heavy atom. The molecule has 0 bridgehead atoms. The zero-order valence-electron chi connectivity index (χ0n) is 9.56. The van der Waals surface area contributed by atoms with Crippen molar-refractivity contribution < 1.29 is 14.4 Å². The zero-order chi connectivity index (χ0) is 11.4. The van der Waals surface area contributed by atoms with Crippen LogP contribution in [0.5, 0.6) is 0 Å². The van der Waals surface area contributed by atoms with Gasteiger partial charge in [-0.15, -0.1) is 0 Å². The first-order valence-electron chi connectivity index (χ1n) is 5.78. The number of rotatable bonds is 4. The van der Waals surface area contributed by atoms with E-state index in [0.29, 0.717) is 24.7 Å². The van der Waals surface area contributed by atoms with E-state index in [4.69, 9.17) is 9.26 Å². The smallest absolute Gasteiger partial charge is 0.227 e. The van der Waals surface area contributed by atoms with Gasteiger partial charge >= 0.3 is 0 Å². The van der Waals surface area contributed by atoms with Crippen LogP contribution in [0, 0.1) is 5.92 Å². The SMILES string of the molecule is COCc1noc(CC2CCCCC2O)n1. The van der Waals surface area contributed by atoms with E-state index in [9.17, 15) is 5.11 Å². The molecule has 90 valence electrons. The highest BCUT2D eigenvalue weighted by atomic mass is 16.5. The highest BCUT2D eigenvalue weighted by molar-refractivity contribution is 4.89. The molecule has 1 saturated carbocycles. The fourth-order valence-corrected chi connectivity index (χ4v) is 2.21. The first-order chi connectivity index (χ1) is 7.79. The number of hydrogen-bond donors (Lipinski definition) is 1. The Kier molecular flexibility index (Phi) is 3.90. The summed E-state index contributed by atoms with van der Waals surface area (Å²) < 4.78 is 10.0. The van der Waals surface area contributed by atoms with Gasteiger partial charge in [-0.3, -0.25) is 0 Å². The van der Waals surface area contributed by atoms with Gasteiger partial charge in [-0.1, -0.05) is 18.0 Å². The molecule has 16 heavy (non-hydrogen) atoms. The summed E-state index contributed by atoms with van der Waals surface area (Å²) in [7, 11) is 1.60. The van der Waals surface area contributed by atoms with Crippen LogP contribution in [0.4, 0.5) is 0 Å². The van der Waals surface area contributed by atoms with Gasteiger partial charge in [0, 0.05) is 13.5 Å². The van der Waals surface area contributed by atoms with Crippen LogP contribution in [0.2, 0.25) is 0 Å². The molecule has 0 aromatic carbocycles. The summed E-state index contributed by atoms with van der Waals surface area (Å²) in [5.74, 6) is 1.45. The molecule has 0 aliphatic heterocycles. The number of aromatic nitrogens is 2. The average molecular weight is 226 g/mol. The number of hydrogen-bond acceptors (Lipinski definition) is 5. The van der Waals surface area contributed by atoms with Gasteiger partial charge in [0.15, 0.2) is 5.82 Å². The predicted octanol–water partition coefficient (Wildman–Crippen LogP) is 1.31. The summed E-state index contributed by atoms with van der Waals surface area (Å²) in [6.45, 7) is 0.372. The van der Waals surface area contributed by atoms with Gasteiger partial charge in [0.2, 0.25) is 5.89 Å². The monoisotopic (exact) mass is 226 g/mol. The van der Waals surface area contributed by atoms with Crippen LogP contribution in [0.25, 0.3) is 0 Å². The van der Waals surface area contributed by atoms with Gasteiger partial charge in [-0.05, 0) is 18.8 Å². The molecule has 0 radical (unpaired) electrons. The summed E-state index contributed by atoms with van der Waals surface area (Å²) in [5.41, 5.74) is 0. The molecule has 1 aromatic heterocycles. The van der Waals surface area contributed by atoms with E-state index in [1.165, 1.54) is 6.42 Å². The maximum Gasteiger partial charge on any atom is 0.227 e. The Bertz CT molecular complexity index is 327. The fourth-order valence-electron chi connectivity index (χ4n) is 2.21. The third-order valence-electron chi connectivity index (χ3n) is 3.09. The third kappa shape index (κ3) is 2.80. The maximum atomic E-state index is 9.83. The van der Waals surface area contributed by atoms with Gasteiger partial charge < -0.3 is 14.4 Å². The maximum absolute atomic E-state index is 9.83. The van der Waals surface area contributed by atoms with E-state index in [-0.39, 0.29) is 12.0 Å². The molecule has 5 nitrogen and oxygen atoms in total. The van der Waals surface area contributed by atoms with Gasteiger partial charge in [0.05, 0.1) is 6.10 Å². The minimum Gasteiger partial charge on any atom is -0.393 e. The Morgan fingerprint density at radius 3 is 3.00 bits per heavy atom. The standard InChI is InChI=1S/C11H18N2O3/c1-15-7-10-12-11(16-13-10)6-8-4-2-3-5-9(8)14/h8-9,14H,2-7H2,1H3. The van der Waals surface area contributed by atoms with E-state index in [1.54, 1.807) is 7.11 Å². The number of nitrogens with zero attached hydrogens (tertiary/aromatic N) is 2.